The number of benzene rings is 1. The van der Waals surface area contributed by atoms with Crippen LogP contribution in [0.2, 0.25) is 0 Å². The number of hydrogen-bond acceptors (Lipinski definition) is 7. The lowest BCUT2D eigenvalue weighted by Gasteiger charge is -2.11. The van der Waals surface area contributed by atoms with Crippen molar-refractivity contribution in [1.29, 1.82) is 0 Å². The van der Waals surface area contributed by atoms with Crippen molar-refractivity contribution in [3.63, 3.8) is 0 Å². The first kappa shape index (κ1) is 16.4. The predicted molar refractivity (Wildman–Crippen MR) is 94.7 cm³/mol. The largest absolute Gasteiger partial charge is 0.465 e. The number of rotatable bonds is 6. The second-order valence-corrected chi connectivity index (χ2v) is 5.16. The molecule has 0 fully saturated rings. The molecule has 7 nitrogen and oxygen atoms in total. The fraction of sp³-hybridized carbons (Fsp3) is 0.111. The molecule has 2 aromatic heterocycles. The number of nitrogens with one attached hydrogen (secondary N) is 2. The maximum atomic E-state index is 11.8. The van der Waals surface area contributed by atoms with E-state index in [1.165, 1.54) is 13.4 Å². The van der Waals surface area contributed by atoms with Gasteiger partial charge in [-0.1, -0.05) is 12.1 Å². The highest BCUT2D eigenvalue weighted by atomic mass is 16.5. The van der Waals surface area contributed by atoms with Gasteiger partial charge in [0, 0.05) is 25.0 Å². The van der Waals surface area contributed by atoms with E-state index in [2.05, 4.69) is 25.6 Å². The lowest BCUT2D eigenvalue weighted by atomic mass is 10.2. The van der Waals surface area contributed by atoms with Crippen LogP contribution in [0.3, 0.4) is 0 Å². The molecular formula is C18H17N5O2. The van der Waals surface area contributed by atoms with E-state index in [-0.39, 0.29) is 0 Å². The van der Waals surface area contributed by atoms with Gasteiger partial charge < -0.3 is 15.4 Å². The van der Waals surface area contributed by atoms with Crippen LogP contribution < -0.4 is 10.6 Å². The second kappa shape index (κ2) is 7.87. The Balaban J connectivity index is 1.73. The van der Waals surface area contributed by atoms with Crippen molar-refractivity contribution >= 4 is 23.3 Å². The monoisotopic (exact) mass is 335 g/mol. The van der Waals surface area contributed by atoms with Crippen LogP contribution in [0.1, 0.15) is 15.9 Å². The van der Waals surface area contributed by atoms with Crippen molar-refractivity contribution in [2.24, 2.45) is 0 Å². The molecule has 0 bridgehead atoms. The summed E-state index contributed by atoms with van der Waals surface area (Å²) in [5.74, 6) is 0.835. The van der Waals surface area contributed by atoms with E-state index in [0.717, 1.165) is 5.56 Å². The highest BCUT2D eigenvalue weighted by molar-refractivity contribution is 5.96. The summed E-state index contributed by atoms with van der Waals surface area (Å²) in [5.41, 5.74) is 2.15. The molecule has 2 N–H and O–H groups in total. The molecule has 126 valence electrons. The van der Waals surface area contributed by atoms with Crippen LogP contribution >= 0.6 is 0 Å². The third-order valence-corrected chi connectivity index (χ3v) is 3.49. The van der Waals surface area contributed by atoms with Crippen molar-refractivity contribution in [3.8, 4) is 0 Å². The molecule has 7 heteroatoms. The van der Waals surface area contributed by atoms with Crippen LogP contribution in [0.5, 0.6) is 0 Å². The maximum absolute atomic E-state index is 11.8. The summed E-state index contributed by atoms with van der Waals surface area (Å²) in [4.78, 5) is 24.2. The van der Waals surface area contributed by atoms with Crippen LogP contribution in [-0.4, -0.2) is 28.0 Å². The quantitative estimate of drug-likeness (QED) is 0.669. The number of para-hydroxylation sites is 1. The van der Waals surface area contributed by atoms with Gasteiger partial charge in [-0.25, -0.2) is 14.8 Å². The number of carbonyl (C=O) groups excluding carboxylic acids is 1. The standard InChI is InChI=1S/C18H17N5O2/c1-25-18(24)14-4-2-3-5-15(14)23-17-10-16(21-12-22-17)20-11-13-6-8-19-9-7-13/h2-10,12H,11H2,1H3,(H2,20,21,22,23). The summed E-state index contributed by atoms with van der Waals surface area (Å²) < 4.78 is 4.80. The van der Waals surface area contributed by atoms with E-state index < -0.39 is 5.97 Å². The fourth-order valence-corrected chi connectivity index (χ4v) is 2.23. The van der Waals surface area contributed by atoms with Crippen LogP contribution in [0, 0.1) is 0 Å². The number of pyridine rings is 1. The number of methoxy groups -OCH3 is 1. The SMILES string of the molecule is COC(=O)c1ccccc1Nc1cc(NCc2ccncc2)ncn1. The summed E-state index contributed by atoms with van der Waals surface area (Å²) in [7, 11) is 1.35. The average molecular weight is 335 g/mol. The van der Waals surface area contributed by atoms with E-state index in [4.69, 9.17) is 4.74 Å². The number of hydrogen-bond donors (Lipinski definition) is 2. The summed E-state index contributed by atoms with van der Waals surface area (Å²) in [5, 5.41) is 6.35. The lowest BCUT2D eigenvalue weighted by molar-refractivity contribution is 0.0602. The molecule has 0 amide bonds. The van der Waals surface area contributed by atoms with E-state index in [9.17, 15) is 4.79 Å². The smallest absolute Gasteiger partial charge is 0.339 e. The summed E-state index contributed by atoms with van der Waals surface area (Å²) in [6.07, 6.45) is 4.94. The Morgan fingerprint density at radius 2 is 1.84 bits per heavy atom. The minimum atomic E-state index is -0.409. The minimum Gasteiger partial charge on any atom is -0.465 e. The molecule has 2 heterocycles. The van der Waals surface area contributed by atoms with E-state index in [1.54, 1.807) is 36.7 Å². The number of nitrogens with zero attached hydrogens (tertiary/aromatic N) is 3. The van der Waals surface area contributed by atoms with Gasteiger partial charge in [0.15, 0.2) is 0 Å². The van der Waals surface area contributed by atoms with Crippen molar-refractivity contribution in [2.75, 3.05) is 17.7 Å². The molecule has 3 rings (SSSR count). The number of aromatic nitrogens is 3. The van der Waals surface area contributed by atoms with Crippen molar-refractivity contribution in [3.05, 3.63) is 72.3 Å². The highest BCUT2D eigenvalue weighted by Gasteiger charge is 2.11. The molecule has 0 saturated carbocycles. The molecule has 0 aliphatic heterocycles. The number of carbonyl (C=O) groups is 1. The third kappa shape index (κ3) is 4.29. The van der Waals surface area contributed by atoms with Gasteiger partial charge in [0.2, 0.25) is 0 Å². The molecule has 3 aromatic rings. The number of esters is 1. The maximum Gasteiger partial charge on any atom is 0.339 e. The molecule has 0 aliphatic carbocycles. The van der Waals surface area contributed by atoms with Gasteiger partial charge >= 0.3 is 5.97 Å². The summed E-state index contributed by atoms with van der Waals surface area (Å²) >= 11 is 0. The molecule has 0 aliphatic rings. The van der Waals surface area contributed by atoms with Crippen LogP contribution in [0.15, 0.2) is 61.2 Å². The van der Waals surface area contributed by atoms with Crippen LogP contribution in [0.25, 0.3) is 0 Å². The van der Waals surface area contributed by atoms with Crippen LogP contribution in [0.4, 0.5) is 17.3 Å². The highest BCUT2D eigenvalue weighted by Crippen LogP contribution is 2.21. The van der Waals surface area contributed by atoms with Gasteiger partial charge in [-0.05, 0) is 29.8 Å². The zero-order valence-corrected chi connectivity index (χ0v) is 13.6. The molecule has 25 heavy (non-hydrogen) atoms. The van der Waals surface area contributed by atoms with Crippen LogP contribution in [-0.2, 0) is 11.3 Å². The summed E-state index contributed by atoms with van der Waals surface area (Å²) in [6.45, 7) is 0.623. The van der Waals surface area contributed by atoms with E-state index >= 15 is 0 Å². The molecule has 0 radical (unpaired) electrons. The first-order valence-corrected chi connectivity index (χ1v) is 7.65. The Kier molecular flexibility index (Phi) is 5.16. The topological polar surface area (TPSA) is 89.0 Å². The molecule has 0 saturated heterocycles. The van der Waals surface area contributed by atoms with E-state index in [1.807, 2.05) is 18.2 Å². The predicted octanol–water partition coefficient (Wildman–Crippen LogP) is 3.01. The number of ether oxygens (including phenoxy) is 1. The minimum absolute atomic E-state index is 0.409. The zero-order valence-electron chi connectivity index (χ0n) is 13.6. The second-order valence-electron chi connectivity index (χ2n) is 5.16. The number of anilines is 3. The van der Waals surface area contributed by atoms with Gasteiger partial charge in [-0.3, -0.25) is 4.98 Å². The zero-order chi connectivity index (χ0) is 17.5. The summed E-state index contributed by atoms with van der Waals surface area (Å²) in [6, 6.07) is 12.7. The Bertz CT molecular complexity index is 855. The molecule has 0 atom stereocenters. The molecule has 0 unspecified atom stereocenters. The van der Waals surface area contributed by atoms with Crippen molar-refractivity contribution in [1.82, 2.24) is 15.0 Å². The van der Waals surface area contributed by atoms with Crippen molar-refractivity contribution < 1.29 is 9.53 Å². The van der Waals surface area contributed by atoms with Gasteiger partial charge in [0.05, 0.1) is 18.4 Å². The van der Waals surface area contributed by atoms with Gasteiger partial charge in [-0.15, -0.1) is 0 Å². The lowest BCUT2D eigenvalue weighted by Crippen LogP contribution is -2.07. The first-order valence-electron chi connectivity index (χ1n) is 7.65. The third-order valence-electron chi connectivity index (χ3n) is 3.49. The Hall–Kier alpha value is -3.48. The van der Waals surface area contributed by atoms with E-state index in [0.29, 0.717) is 29.4 Å². The Labute approximate surface area is 145 Å². The Morgan fingerprint density at radius 1 is 1.08 bits per heavy atom. The Morgan fingerprint density at radius 3 is 2.64 bits per heavy atom. The fourth-order valence-electron chi connectivity index (χ4n) is 2.23. The van der Waals surface area contributed by atoms with Crippen molar-refractivity contribution in [2.45, 2.75) is 6.54 Å². The van der Waals surface area contributed by atoms with Gasteiger partial charge in [-0.2, -0.15) is 0 Å². The molecular weight excluding hydrogens is 318 g/mol. The van der Waals surface area contributed by atoms with Gasteiger partial charge in [0.25, 0.3) is 0 Å². The molecule has 0 spiro atoms. The van der Waals surface area contributed by atoms with Gasteiger partial charge in [0.1, 0.15) is 18.0 Å². The first-order chi connectivity index (χ1) is 12.3. The average Bonchev–Trinajstić information content (AvgIpc) is 2.67. The normalized spacial score (nSPS) is 10.1. The molecule has 1 aromatic carbocycles.